The Morgan fingerprint density at radius 3 is 2.69 bits per heavy atom. The van der Waals surface area contributed by atoms with Crippen molar-refractivity contribution in [3.8, 4) is 11.4 Å². The molecule has 0 radical (unpaired) electrons. The van der Waals surface area contributed by atoms with Crippen LogP contribution in [0.25, 0.3) is 33.3 Å². The fourth-order valence-electron chi connectivity index (χ4n) is 4.41. The van der Waals surface area contributed by atoms with Crippen LogP contribution in [0.5, 0.6) is 0 Å². The molecule has 9 nitrogen and oxygen atoms in total. The quantitative estimate of drug-likeness (QED) is 0.395. The van der Waals surface area contributed by atoms with Crippen molar-refractivity contribution in [3.63, 3.8) is 0 Å². The minimum Gasteiger partial charge on any atom is -0.360 e. The number of pyridine rings is 1. The lowest BCUT2D eigenvalue weighted by Gasteiger charge is -2.22. The first-order valence-electron chi connectivity index (χ1n) is 11.3. The van der Waals surface area contributed by atoms with Crippen molar-refractivity contribution in [3.05, 3.63) is 101 Å². The summed E-state index contributed by atoms with van der Waals surface area (Å²) in [6, 6.07) is 17.3. The second-order valence-electron chi connectivity index (χ2n) is 8.44. The Bertz CT molecular complexity index is 1730. The molecule has 0 amide bonds. The van der Waals surface area contributed by atoms with Gasteiger partial charge in [-0.05, 0) is 49.1 Å². The minimum absolute atomic E-state index is 0.115. The number of aromatic nitrogens is 7. The molecule has 4 aromatic heterocycles. The molecule has 0 saturated carbocycles. The van der Waals surface area contributed by atoms with E-state index in [0.29, 0.717) is 22.4 Å². The van der Waals surface area contributed by atoms with Gasteiger partial charge in [0.25, 0.3) is 5.56 Å². The Kier molecular flexibility index (Phi) is 4.88. The van der Waals surface area contributed by atoms with E-state index < -0.39 is 0 Å². The lowest BCUT2D eigenvalue weighted by molar-refractivity contribution is 0.773. The topological polar surface area (TPSA) is 106 Å². The zero-order valence-corrected chi connectivity index (χ0v) is 19.2. The number of anilines is 1. The molecular weight excluding hydrogens is 440 g/mol. The third-order valence-corrected chi connectivity index (χ3v) is 6.05. The van der Waals surface area contributed by atoms with E-state index in [0.717, 1.165) is 28.0 Å². The zero-order valence-electron chi connectivity index (χ0n) is 19.2. The lowest BCUT2D eigenvalue weighted by Crippen LogP contribution is -2.26. The molecule has 6 aromatic rings. The highest BCUT2D eigenvalue weighted by Crippen LogP contribution is 2.27. The van der Waals surface area contributed by atoms with Gasteiger partial charge in [-0.15, -0.1) is 0 Å². The summed E-state index contributed by atoms with van der Waals surface area (Å²) in [5.74, 6) is 0.618. The minimum atomic E-state index is -0.260. The maximum absolute atomic E-state index is 14.1. The van der Waals surface area contributed by atoms with Crippen LogP contribution in [0, 0.1) is 6.92 Å². The number of aryl methyl sites for hydroxylation is 1. The molecule has 35 heavy (non-hydrogen) atoms. The number of fused-ring (bicyclic) bond motifs is 2. The molecule has 1 unspecified atom stereocenters. The molecule has 2 aromatic carbocycles. The van der Waals surface area contributed by atoms with Gasteiger partial charge in [-0.1, -0.05) is 30.3 Å². The third kappa shape index (κ3) is 3.54. The standard InChI is InChI=1S/C26H22N8O/c1-16-12-31-33(13-16)20-10-6-7-18-11-21(34(26(35)22(18)20)19-8-4-3-5-9-19)17(2)32-25-23-24(28-14-27-23)29-15-30-25/h3-15,17H,1-2H3,(H2,27,28,29,30,32). The molecule has 0 saturated heterocycles. The first-order valence-corrected chi connectivity index (χ1v) is 11.3. The summed E-state index contributed by atoms with van der Waals surface area (Å²) in [4.78, 5) is 30.0. The summed E-state index contributed by atoms with van der Waals surface area (Å²) < 4.78 is 3.51. The molecule has 0 spiro atoms. The van der Waals surface area contributed by atoms with E-state index in [1.165, 1.54) is 6.33 Å². The molecule has 6 rings (SSSR count). The van der Waals surface area contributed by atoms with Crippen LogP contribution in [0.1, 0.15) is 24.2 Å². The molecular formula is C26H22N8O. The predicted octanol–water partition coefficient (Wildman–Crippen LogP) is 4.32. The van der Waals surface area contributed by atoms with Crippen molar-refractivity contribution >= 4 is 27.8 Å². The molecule has 172 valence electrons. The lowest BCUT2D eigenvalue weighted by atomic mass is 10.1. The van der Waals surface area contributed by atoms with E-state index in [9.17, 15) is 4.79 Å². The van der Waals surface area contributed by atoms with Crippen molar-refractivity contribution in [1.29, 1.82) is 0 Å². The van der Waals surface area contributed by atoms with Crippen LogP contribution in [0.3, 0.4) is 0 Å². The van der Waals surface area contributed by atoms with Crippen LogP contribution in [-0.4, -0.2) is 34.3 Å². The number of hydrogen-bond acceptors (Lipinski definition) is 6. The highest BCUT2D eigenvalue weighted by molar-refractivity contribution is 5.90. The second kappa shape index (κ2) is 8.21. The average Bonchev–Trinajstić information content (AvgIpc) is 3.53. The fourth-order valence-corrected chi connectivity index (χ4v) is 4.41. The molecule has 0 aliphatic rings. The number of aromatic amines is 1. The fraction of sp³-hybridized carbons (Fsp3) is 0.115. The van der Waals surface area contributed by atoms with Crippen LogP contribution in [-0.2, 0) is 0 Å². The van der Waals surface area contributed by atoms with Crippen LogP contribution < -0.4 is 10.9 Å². The zero-order chi connectivity index (χ0) is 23.9. The van der Waals surface area contributed by atoms with E-state index in [-0.39, 0.29) is 11.6 Å². The van der Waals surface area contributed by atoms with Gasteiger partial charge in [0.2, 0.25) is 0 Å². The summed E-state index contributed by atoms with van der Waals surface area (Å²) in [5, 5.41) is 9.33. The first-order chi connectivity index (χ1) is 17.1. The van der Waals surface area contributed by atoms with Crippen molar-refractivity contribution in [2.75, 3.05) is 5.32 Å². The number of para-hydroxylation sites is 1. The Morgan fingerprint density at radius 1 is 1.03 bits per heavy atom. The smallest absolute Gasteiger partial charge is 0.265 e. The number of nitrogens with zero attached hydrogens (tertiary/aromatic N) is 6. The predicted molar refractivity (Wildman–Crippen MR) is 135 cm³/mol. The van der Waals surface area contributed by atoms with Gasteiger partial charge in [0.1, 0.15) is 11.8 Å². The molecule has 0 aliphatic carbocycles. The summed E-state index contributed by atoms with van der Waals surface area (Å²) in [6.45, 7) is 3.98. The molecule has 2 N–H and O–H groups in total. The van der Waals surface area contributed by atoms with Gasteiger partial charge in [-0.25, -0.2) is 19.6 Å². The van der Waals surface area contributed by atoms with E-state index in [1.54, 1.807) is 21.8 Å². The Balaban J connectivity index is 1.57. The SMILES string of the molecule is Cc1cnn(-c2cccc3cc(C(C)Nc4ncnc5nc[nH]c45)n(-c4ccccc4)c(=O)c23)c1. The van der Waals surface area contributed by atoms with Gasteiger partial charge >= 0.3 is 0 Å². The maximum atomic E-state index is 14.1. The van der Waals surface area contributed by atoms with Gasteiger partial charge in [0, 0.05) is 17.6 Å². The van der Waals surface area contributed by atoms with E-state index in [2.05, 4.69) is 30.4 Å². The van der Waals surface area contributed by atoms with Crippen molar-refractivity contribution in [2.45, 2.75) is 19.9 Å². The number of imidazole rings is 1. The van der Waals surface area contributed by atoms with Gasteiger partial charge in [-0.3, -0.25) is 9.36 Å². The summed E-state index contributed by atoms with van der Waals surface area (Å²) in [5.41, 5.74) is 4.52. The van der Waals surface area contributed by atoms with Crippen molar-refractivity contribution < 1.29 is 0 Å². The molecule has 0 aliphatic heterocycles. The molecule has 4 heterocycles. The van der Waals surface area contributed by atoms with Gasteiger partial charge in [-0.2, -0.15) is 5.10 Å². The monoisotopic (exact) mass is 462 g/mol. The highest BCUT2D eigenvalue weighted by atomic mass is 16.1. The van der Waals surface area contributed by atoms with E-state index in [4.69, 9.17) is 0 Å². The van der Waals surface area contributed by atoms with E-state index >= 15 is 0 Å². The van der Waals surface area contributed by atoms with E-state index in [1.807, 2.05) is 74.6 Å². The second-order valence-corrected chi connectivity index (χ2v) is 8.44. The number of H-pyrrole nitrogens is 1. The maximum Gasteiger partial charge on any atom is 0.265 e. The van der Waals surface area contributed by atoms with Crippen LogP contribution in [0.15, 0.2) is 84.4 Å². The summed E-state index contributed by atoms with van der Waals surface area (Å²) in [6.07, 6.45) is 6.77. The normalized spacial score (nSPS) is 12.3. The molecule has 0 fully saturated rings. The molecule has 0 bridgehead atoms. The molecule has 9 heteroatoms. The Labute approximate surface area is 200 Å². The molecule has 1 atom stereocenters. The average molecular weight is 463 g/mol. The van der Waals surface area contributed by atoms with Crippen LogP contribution >= 0.6 is 0 Å². The summed E-state index contributed by atoms with van der Waals surface area (Å²) >= 11 is 0. The highest BCUT2D eigenvalue weighted by Gasteiger charge is 2.20. The van der Waals surface area contributed by atoms with Crippen molar-refractivity contribution in [1.82, 2.24) is 34.3 Å². The first kappa shape index (κ1) is 20.8. The summed E-state index contributed by atoms with van der Waals surface area (Å²) in [7, 11) is 0. The van der Waals surface area contributed by atoms with Crippen molar-refractivity contribution in [2.24, 2.45) is 0 Å². The van der Waals surface area contributed by atoms with Crippen LogP contribution in [0.2, 0.25) is 0 Å². The largest absolute Gasteiger partial charge is 0.360 e. The third-order valence-electron chi connectivity index (χ3n) is 6.05. The Hall–Kier alpha value is -4.79. The Morgan fingerprint density at radius 2 is 1.89 bits per heavy atom. The van der Waals surface area contributed by atoms with Gasteiger partial charge in [0.15, 0.2) is 11.5 Å². The van der Waals surface area contributed by atoms with Gasteiger partial charge < -0.3 is 10.3 Å². The number of hydrogen-bond donors (Lipinski definition) is 2. The van der Waals surface area contributed by atoms with Gasteiger partial charge in [0.05, 0.1) is 29.6 Å². The number of rotatable bonds is 5. The number of nitrogens with one attached hydrogen (secondary N) is 2. The number of benzene rings is 2. The van der Waals surface area contributed by atoms with Crippen LogP contribution in [0.4, 0.5) is 5.82 Å².